The molecule has 4 nitrogen and oxygen atoms in total. The molecule has 0 aliphatic rings. The first kappa shape index (κ1) is 13.3. The number of hydrogen-bond acceptors (Lipinski definition) is 3. The molecule has 0 aliphatic heterocycles. The SMILES string of the molecule is CCOC(=O)CC(=O)Cn1ccc2cc(C)ccc21. The number of fused-ring (bicyclic) bond motifs is 1. The summed E-state index contributed by atoms with van der Waals surface area (Å²) >= 11 is 0. The van der Waals surface area contributed by atoms with Gasteiger partial charge in [0, 0.05) is 11.7 Å². The summed E-state index contributed by atoms with van der Waals surface area (Å²) in [4.78, 5) is 23.0. The fraction of sp³-hybridized carbons (Fsp3) is 0.333. The number of esters is 1. The monoisotopic (exact) mass is 259 g/mol. The molecule has 2 rings (SSSR count). The van der Waals surface area contributed by atoms with E-state index in [1.54, 1.807) is 6.92 Å². The second-order valence-corrected chi connectivity index (χ2v) is 4.53. The summed E-state index contributed by atoms with van der Waals surface area (Å²) in [6.45, 7) is 4.26. The molecule has 0 radical (unpaired) electrons. The highest BCUT2D eigenvalue weighted by molar-refractivity contribution is 5.96. The van der Waals surface area contributed by atoms with Crippen molar-refractivity contribution < 1.29 is 14.3 Å². The highest BCUT2D eigenvalue weighted by Gasteiger charge is 2.12. The predicted octanol–water partition coefficient (Wildman–Crippen LogP) is 2.47. The number of nitrogens with zero attached hydrogens (tertiary/aromatic N) is 1. The van der Waals surface area contributed by atoms with Gasteiger partial charge in [-0.3, -0.25) is 9.59 Å². The van der Waals surface area contributed by atoms with Crippen molar-refractivity contribution in [3.63, 3.8) is 0 Å². The fourth-order valence-corrected chi connectivity index (χ4v) is 2.08. The standard InChI is InChI=1S/C15H17NO3/c1-3-19-15(18)9-13(17)10-16-7-6-12-8-11(2)4-5-14(12)16/h4-8H,3,9-10H2,1-2H3. The maximum absolute atomic E-state index is 11.8. The molecule has 0 unspecified atom stereocenters. The molecule has 2 aromatic rings. The van der Waals surface area contributed by atoms with Crippen molar-refractivity contribution in [2.75, 3.05) is 6.61 Å². The molecule has 1 aromatic heterocycles. The summed E-state index contributed by atoms with van der Waals surface area (Å²) in [5.41, 5.74) is 2.19. The van der Waals surface area contributed by atoms with Crippen LogP contribution in [0.3, 0.4) is 0 Å². The van der Waals surface area contributed by atoms with Crippen molar-refractivity contribution in [3.8, 4) is 0 Å². The molecule has 0 amide bonds. The Morgan fingerprint density at radius 2 is 2.05 bits per heavy atom. The summed E-state index contributed by atoms with van der Waals surface area (Å²) in [7, 11) is 0. The molecule has 0 bridgehead atoms. The number of carbonyl (C=O) groups excluding carboxylic acids is 2. The van der Waals surface area contributed by atoms with Gasteiger partial charge in [-0.25, -0.2) is 0 Å². The molecule has 100 valence electrons. The molecular formula is C15H17NO3. The Morgan fingerprint density at radius 1 is 1.26 bits per heavy atom. The van der Waals surface area contributed by atoms with Crippen molar-refractivity contribution in [1.29, 1.82) is 0 Å². The van der Waals surface area contributed by atoms with Crippen LogP contribution in [0.5, 0.6) is 0 Å². The van der Waals surface area contributed by atoms with E-state index in [0.29, 0.717) is 6.61 Å². The topological polar surface area (TPSA) is 48.3 Å². The summed E-state index contributed by atoms with van der Waals surface area (Å²) in [5, 5.41) is 1.10. The number of rotatable bonds is 5. The van der Waals surface area contributed by atoms with E-state index in [2.05, 4.69) is 6.07 Å². The van der Waals surface area contributed by atoms with Gasteiger partial charge in [0.05, 0.1) is 13.2 Å². The van der Waals surface area contributed by atoms with Crippen LogP contribution in [0.15, 0.2) is 30.5 Å². The van der Waals surface area contributed by atoms with E-state index in [0.717, 1.165) is 10.9 Å². The zero-order valence-electron chi connectivity index (χ0n) is 11.2. The van der Waals surface area contributed by atoms with Crippen LogP contribution >= 0.6 is 0 Å². The minimum Gasteiger partial charge on any atom is -0.466 e. The molecule has 0 fully saturated rings. The van der Waals surface area contributed by atoms with Crippen molar-refractivity contribution >= 4 is 22.7 Å². The Hall–Kier alpha value is -2.10. The third-order valence-corrected chi connectivity index (χ3v) is 2.92. The van der Waals surface area contributed by atoms with Crippen molar-refractivity contribution in [2.45, 2.75) is 26.8 Å². The minimum atomic E-state index is -0.459. The van der Waals surface area contributed by atoms with E-state index < -0.39 is 5.97 Å². The van der Waals surface area contributed by atoms with Gasteiger partial charge in [-0.05, 0) is 37.4 Å². The minimum absolute atomic E-state index is 0.142. The van der Waals surface area contributed by atoms with Crippen LogP contribution in [-0.2, 0) is 20.9 Å². The molecule has 19 heavy (non-hydrogen) atoms. The number of ketones is 1. The van der Waals surface area contributed by atoms with Crippen LogP contribution in [0, 0.1) is 6.92 Å². The van der Waals surface area contributed by atoms with Crippen molar-refractivity contribution in [1.82, 2.24) is 4.57 Å². The predicted molar refractivity (Wildman–Crippen MR) is 72.9 cm³/mol. The number of Topliss-reactive ketones (excluding diaryl/α,β-unsaturated/α-hetero) is 1. The number of benzene rings is 1. The van der Waals surface area contributed by atoms with Gasteiger partial charge in [0.2, 0.25) is 0 Å². The van der Waals surface area contributed by atoms with Crippen LogP contribution in [-0.4, -0.2) is 22.9 Å². The molecule has 0 atom stereocenters. The molecular weight excluding hydrogens is 242 g/mol. The third kappa shape index (κ3) is 3.22. The Bertz CT molecular complexity index is 613. The summed E-state index contributed by atoms with van der Waals surface area (Å²) < 4.78 is 6.62. The Labute approximate surface area is 112 Å². The quantitative estimate of drug-likeness (QED) is 0.612. The van der Waals surface area contributed by atoms with E-state index in [1.165, 1.54) is 5.56 Å². The molecule has 0 N–H and O–H groups in total. The van der Waals surface area contributed by atoms with Crippen LogP contribution in [0.25, 0.3) is 10.9 Å². The zero-order valence-corrected chi connectivity index (χ0v) is 11.2. The summed E-state index contributed by atoms with van der Waals surface area (Å²) in [5.74, 6) is -0.601. The van der Waals surface area contributed by atoms with Gasteiger partial charge in [0.25, 0.3) is 0 Å². The summed E-state index contributed by atoms with van der Waals surface area (Å²) in [6, 6.07) is 8.04. The lowest BCUT2D eigenvalue weighted by Crippen LogP contribution is -2.15. The Balaban J connectivity index is 2.09. The number of ether oxygens (including phenoxy) is 1. The molecule has 1 aromatic carbocycles. The largest absolute Gasteiger partial charge is 0.466 e. The van der Waals surface area contributed by atoms with E-state index in [4.69, 9.17) is 4.74 Å². The maximum Gasteiger partial charge on any atom is 0.313 e. The third-order valence-electron chi connectivity index (χ3n) is 2.92. The van der Waals surface area contributed by atoms with Gasteiger partial charge in [0.1, 0.15) is 6.42 Å². The van der Waals surface area contributed by atoms with E-state index in [9.17, 15) is 9.59 Å². The number of aromatic nitrogens is 1. The molecule has 0 spiro atoms. The maximum atomic E-state index is 11.8. The molecule has 0 saturated heterocycles. The number of aryl methyl sites for hydroxylation is 1. The number of hydrogen-bond donors (Lipinski definition) is 0. The lowest BCUT2D eigenvalue weighted by Gasteiger charge is -2.05. The second kappa shape index (κ2) is 5.69. The zero-order chi connectivity index (χ0) is 13.8. The van der Waals surface area contributed by atoms with Gasteiger partial charge in [-0.2, -0.15) is 0 Å². The lowest BCUT2D eigenvalue weighted by molar-refractivity contribution is -0.145. The van der Waals surface area contributed by atoms with E-state index >= 15 is 0 Å². The molecule has 0 saturated carbocycles. The van der Waals surface area contributed by atoms with Crippen LogP contribution in [0.4, 0.5) is 0 Å². The van der Waals surface area contributed by atoms with E-state index in [1.807, 2.05) is 35.9 Å². The smallest absolute Gasteiger partial charge is 0.313 e. The first-order valence-corrected chi connectivity index (χ1v) is 6.33. The Morgan fingerprint density at radius 3 is 2.79 bits per heavy atom. The molecule has 0 aliphatic carbocycles. The van der Waals surface area contributed by atoms with Gasteiger partial charge in [-0.15, -0.1) is 0 Å². The van der Waals surface area contributed by atoms with Crippen LogP contribution < -0.4 is 0 Å². The van der Waals surface area contributed by atoms with E-state index in [-0.39, 0.29) is 18.7 Å². The first-order valence-electron chi connectivity index (χ1n) is 6.33. The van der Waals surface area contributed by atoms with Crippen LogP contribution in [0.1, 0.15) is 18.9 Å². The summed E-state index contributed by atoms with van der Waals surface area (Å²) in [6.07, 6.45) is 1.70. The van der Waals surface area contributed by atoms with Crippen molar-refractivity contribution in [2.24, 2.45) is 0 Å². The van der Waals surface area contributed by atoms with Crippen LogP contribution in [0.2, 0.25) is 0 Å². The highest BCUT2D eigenvalue weighted by Crippen LogP contribution is 2.17. The first-order chi connectivity index (χ1) is 9.10. The normalized spacial score (nSPS) is 10.6. The second-order valence-electron chi connectivity index (χ2n) is 4.53. The van der Waals surface area contributed by atoms with Gasteiger partial charge < -0.3 is 9.30 Å². The van der Waals surface area contributed by atoms with Gasteiger partial charge in [0.15, 0.2) is 5.78 Å². The lowest BCUT2D eigenvalue weighted by atomic mass is 10.2. The van der Waals surface area contributed by atoms with Crippen molar-refractivity contribution in [3.05, 3.63) is 36.0 Å². The average Bonchev–Trinajstić information content (AvgIpc) is 2.71. The highest BCUT2D eigenvalue weighted by atomic mass is 16.5. The average molecular weight is 259 g/mol. The molecule has 1 heterocycles. The van der Waals surface area contributed by atoms with Gasteiger partial charge in [-0.1, -0.05) is 11.6 Å². The molecule has 4 heteroatoms. The Kier molecular flexibility index (Phi) is 4.00. The van der Waals surface area contributed by atoms with Gasteiger partial charge >= 0.3 is 5.97 Å². The number of carbonyl (C=O) groups is 2. The fourth-order valence-electron chi connectivity index (χ4n) is 2.08.